The molecule has 0 saturated carbocycles. The van der Waals surface area contributed by atoms with Gasteiger partial charge in [0.05, 0.1) is 18.4 Å². The first-order valence-corrected chi connectivity index (χ1v) is 5.59. The van der Waals surface area contributed by atoms with Gasteiger partial charge in [0.2, 0.25) is 0 Å². The summed E-state index contributed by atoms with van der Waals surface area (Å²) in [5.74, 6) is -0.306. The second-order valence-corrected chi connectivity index (χ2v) is 3.96. The molecule has 0 aliphatic carbocycles. The van der Waals surface area contributed by atoms with Crippen molar-refractivity contribution >= 4 is 5.97 Å². The van der Waals surface area contributed by atoms with Gasteiger partial charge in [-0.3, -0.25) is 4.98 Å². The quantitative estimate of drug-likeness (QED) is 0.770. The third-order valence-electron chi connectivity index (χ3n) is 2.87. The first-order valence-electron chi connectivity index (χ1n) is 5.59. The highest BCUT2D eigenvalue weighted by atomic mass is 16.5. The van der Waals surface area contributed by atoms with Crippen molar-refractivity contribution in [1.82, 2.24) is 10.3 Å². The normalized spacial score (nSPS) is 20.4. The van der Waals surface area contributed by atoms with Crippen LogP contribution in [-0.4, -0.2) is 24.6 Å². The maximum absolute atomic E-state index is 11.4. The molecule has 1 saturated heterocycles. The second kappa shape index (κ2) is 5.07. The number of aromatic nitrogens is 1. The van der Waals surface area contributed by atoms with Crippen LogP contribution in [0.1, 0.15) is 41.4 Å². The predicted molar refractivity (Wildman–Crippen MR) is 60.2 cm³/mol. The fourth-order valence-electron chi connectivity index (χ4n) is 1.99. The fourth-order valence-corrected chi connectivity index (χ4v) is 1.99. The summed E-state index contributed by atoms with van der Waals surface area (Å²) in [6.07, 6.45) is 5.17. The van der Waals surface area contributed by atoms with Gasteiger partial charge in [0.1, 0.15) is 0 Å². The maximum atomic E-state index is 11.4. The molecule has 1 aliphatic heterocycles. The van der Waals surface area contributed by atoms with Gasteiger partial charge in [0.25, 0.3) is 0 Å². The molecule has 0 amide bonds. The van der Waals surface area contributed by atoms with Gasteiger partial charge in [-0.15, -0.1) is 0 Å². The average molecular weight is 220 g/mol. The summed E-state index contributed by atoms with van der Waals surface area (Å²) in [6.45, 7) is 1.02. The van der Waals surface area contributed by atoms with E-state index in [0.717, 1.165) is 18.7 Å². The summed E-state index contributed by atoms with van der Waals surface area (Å²) < 4.78 is 4.69. The van der Waals surface area contributed by atoms with E-state index in [1.807, 2.05) is 6.07 Å². The molecule has 86 valence electrons. The zero-order chi connectivity index (χ0) is 11.4. The molecule has 0 spiro atoms. The van der Waals surface area contributed by atoms with Crippen LogP contribution in [-0.2, 0) is 4.74 Å². The SMILES string of the molecule is COC(=O)c1ccnc([C@@H]2CCCCN2)c1. The van der Waals surface area contributed by atoms with Crippen LogP contribution in [0.2, 0.25) is 0 Å². The van der Waals surface area contributed by atoms with Gasteiger partial charge in [0.15, 0.2) is 0 Å². The highest BCUT2D eigenvalue weighted by molar-refractivity contribution is 5.89. The van der Waals surface area contributed by atoms with Gasteiger partial charge >= 0.3 is 5.97 Å². The predicted octanol–water partition coefficient (Wildman–Crippen LogP) is 1.68. The van der Waals surface area contributed by atoms with Gasteiger partial charge in [-0.05, 0) is 31.5 Å². The van der Waals surface area contributed by atoms with Crippen molar-refractivity contribution in [2.24, 2.45) is 0 Å². The molecule has 0 aromatic carbocycles. The molecule has 1 atom stereocenters. The number of methoxy groups -OCH3 is 1. The molecule has 1 N–H and O–H groups in total. The number of nitrogens with zero attached hydrogens (tertiary/aromatic N) is 1. The molecule has 4 heteroatoms. The summed E-state index contributed by atoms with van der Waals surface area (Å²) in [5.41, 5.74) is 1.50. The lowest BCUT2D eigenvalue weighted by molar-refractivity contribution is 0.0600. The summed E-state index contributed by atoms with van der Waals surface area (Å²) in [5, 5.41) is 3.40. The number of carbonyl (C=O) groups excluding carboxylic acids is 1. The molecule has 0 unspecified atom stereocenters. The van der Waals surface area contributed by atoms with Crippen LogP contribution in [0.3, 0.4) is 0 Å². The minimum Gasteiger partial charge on any atom is -0.465 e. The number of piperidine rings is 1. The van der Waals surface area contributed by atoms with Crippen molar-refractivity contribution < 1.29 is 9.53 Å². The Morgan fingerprint density at radius 3 is 3.12 bits per heavy atom. The Labute approximate surface area is 95.0 Å². The molecule has 1 aromatic heterocycles. The van der Waals surface area contributed by atoms with Crippen molar-refractivity contribution in [2.75, 3.05) is 13.7 Å². The number of esters is 1. The summed E-state index contributed by atoms with van der Waals surface area (Å²) >= 11 is 0. The van der Waals surface area contributed by atoms with E-state index in [0.29, 0.717) is 5.56 Å². The number of hydrogen-bond donors (Lipinski definition) is 1. The van der Waals surface area contributed by atoms with E-state index < -0.39 is 0 Å². The first-order chi connectivity index (χ1) is 7.81. The Hall–Kier alpha value is -1.42. The Balaban J connectivity index is 2.17. The summed E-state index contributed by atoms with van der Waals surface area (Å²) in [6, 6.07) is 3.77. The molecule has 2 rings (SSSR count). The van der Waals surface area contributed by atoms with Crippen molar-refractivity contribution in [3.05, 3.63) is 29.6 Å². The number of pyridine rings is 1. The van der Waals surface area contributed by atoms with E-state index in [-0.39, 0.29) is 12.0 Å². The standard InChI is InChI=1S/C12H16N2O2/c1-16-12(15)9-5-7-14-11(8-9)10-4-2-3-6-13-10/h5,7-8,10,13H,2-4,6H2,1H3/t10-/m0/s1. The summed E-state index contributed by atoms with van der Waals surface area (Å²) in [7, 11) is 1.39. The Bertz CT molecular complexity index is 373. The zero-order valence-corrected chi connectivity index (χ0v) is 9.40. The largest absolute Gasteiger partial charge is 0.465 e. The monoisotopic (exact) mass is 220 g/mol. The van der Waals surface area contributed by atoms with Crippen molar-refractivity contribution in [1.29, 1.82) is 0 Å². The highest BCUT2D eigenvalue weighted by Crippen LogP contribution is 2.21. The van der Waals surface area contributed by atoms with E-state index in [9.17, 15) is 4.79 Å². The van der Waals surface area contributed by atoms with Crippen molar-refractivity contribution in [3.63, 3.8) is 0 Å². The third-order valence-corrected chi connectivity index (χ3v) is 2.87. The van der Waals surface area contributed by atoms with Crippen LogP contribution in [0.15, 0.2) is 18.3 Å². The average Bonchev–Trinajstić information content (AvgIpc) is 2.39. The lowest BCUT2D eigenvalue weighted by Gasteiger charge is -2.23. The van der Waals surface area contributed by atoms with E-state index in [2.05, 4.69) is 10.3 Å². The smallest absolute Gasteiger partial charge is 0.337 e. The molecule has 1 aliphatic rings. The van der Waals surface area contributed by atoms with Crippen LogP contribution in [0.25, 0.3) is 0 Å². The first kappa shape index (κ1) is 11.1. The Morgan fingerprint density at radius 2 is 2.44 bits per heavy atom. The molecular weight excluding hydrogens is 204 g/mol. The lowest BCUT2D eigenvalue weighted by Crippen LogP contribution is -2.27. The highest BCUT2D eigenvalue weighted by Gasteiger charge is 2.17. The zero-order valence-electron chi connectivity index (χ0n) is 9.40. The van der Waals surface area contributed by atoms with E-state index in [1.54, 1.807) is 12.3 Å². The minimum atomic E-state index is -0.306. The molecule has 16 heavy (non-hydrogen) atoms. The number of nitrogens with one attached hydrogen (secondary N) is 1. The van der Waals surface area contributed by atoms with Gasteiger partial charge in [0, 0.05) is 12.2 Å². The van der Waals surface area contributed by atoms with Crippen molar-refractivity contribution in [2.45, 2.75) is 25.3 Å². The molecule has 1 aromatic rings. The van der Waals surface area contributed by atoms with Gasteiger partial charge in [-0.1, -0.05) is 6.42 Å². The number of rotatable bonds is 2. The fraction of sp³-hybridized carbons (Fsp3) is 0.500. The Morgan fingerprint density at radius 1 is 1.56 bits per heavy atom. The van der Waals surface area contributed by atoms with Crippen molar-refractivity contribution in [3.8, 4) is 0 Å². The molecule has 0 radical (unpaired) electrons. The molecule has 2 heterocycles. The van der Waals surface area contributed by atoms with Crippen LogP contribution in [0.4, 0.5) is 0 Å². The number of ether oxygens (including phenoxy) is 1. The third kappa shape index (κ3) is 2.39. The van der Waals surface area contributed by atoms with Crippen LogP contribution >= 0.6 is 0 Å². The Kier molecular flexibility index (Phi) is 3.51. The molecular formula is C12H16N2O2. The van der Waals surface area contributed by atoms with Crippen LogP contribution < -0.4 is 5.32 Å². The van der Waals surface area contributed by atoms with E-state index >= 15 is 0 Å². The summed E-state index contributed by atoms with van der Waals surface area (Å²) in [4.78, 5) is 15.7. The molecule has 4 nitrogen and oxygen atoms in total. The topological polar surface area (TPSA) is 51.2 Å². The van der Waals surface area contributed by atoms with Gasteiger partial charge in [-0.2, -0.15) is 0 Å². The van der Waals surface area contributed by atoms with E-state index in [4.69, 9.17) is 4.74 Å². The van der Waals surface area contributed by atoms with E-state index in [1.165, 1.54) is 20.0 Å². The van der Waals surface area contributed by atoms with Gasteiger partial charge in [-0.25, -0.2) is 4.79 Å². The second-order valence-electron chi connectivity index (χ2n) is 3.96. The number of hydrogen-bond acceptors (Lipinski definition) is 4. The van der Waals surface area contributed by atoms with Crippen LogP contribution in [0.5, 0.6) is 0 Å². The van der Waals surface area contributed by atoms with Gasteiger partial charge < -0.3 is 10.1 Å². The lowest BCUT2D eigenvalue weighted by atomic mass is 10.0. The minimum absolute atomic E-state index is 0.276. The maximum Gasteiger partial charge on any atom is 0.337 e. The molecule has 0 bridgehead atoms. The molecule has 1 fully saturated rings. The number of carbonyl (C=O) groups is 1. The van der Waals surface area contributed by atoms with Crippen LogP contribution in [0, 0.1) is 0 Å².